The van der Waals surface area contributed by atoms with Crippen LogP contribution in [0.1, 0.15) is 13.3 Å². The number of hydrogen-bond donors (Lipinski definition) is 2. The SMILES string of the molecule is CCOCCCNc1cnn(CCO)c(=O)c1Br. The Morgan fingerprint density at radius 1 is 1.61 bits per heavy atom. The number of aromatic nitrogens is 2. The van der Waals surface area contributed by atoms with E-state index in [2.05, 4.69) is 26.3 Å². The Bertz CT molecular complexity index is 422. The van der Waals surface area contributed by atoms with Crippen LogP contribution in [-0.2, 0) is 11.3 Å². The van der Waals surface area contributed by atoms with Gasteiger partial charge in [0.05, 0.1) is 25.0 Å². The number of anilines is 1. The van der Waals surface area contributed by atoms with Crippen molar-refractivity contribution < 1.29 is 9.84 Å². The maximum Gasteiger partial charge on any atom is 0.283 e. The Kier molecular flexibility index (Phi) is 6.92. The standard InChI is InChI=1S/C11H18BrN3O3/c1-2-18-7-3-4-13-9-8-14-15(5-6-16)11(17)10(9)12/h8,13,16H,2-7H2,1H3. The average Bonchev–Trinajstić information content (AvgIpc) is 2.37. The van der Waals surface area contributed by atoms with Crippen molar-refractivity contribution >= 4 is 21.6 Å². The van der Waals surface area contributed by atoms with Gasteiger partial charge in [-0.3, -0.25) is 4.79 Å². The van der Waals surface area contributed by atoms with E-state index in [-0.39, 0.29) is 18.7 Å². The molecule has 0 amide bonds. The summed E-state index contributed by atoms with van der Waals surface area (Å²) in [4.78, 5) is 11.8. The molecule has 1 aromatic heterocycles. The third-order valence-corrected chi connectivity index (χ3v) is 3.05. The Hall–Kier alpha value is -0.920. The number of halogens is 1. The lowest BCUT2D eigenvalue weighted by Crippen LogP contribution is -2.26. The predicted molar refractivity (Wildman–Crippen MR) is 72.9 cm³/mol. The van der Waals surface area contributed by atoms with Crippen molar-refractivity contribution in [2.24, 2.45) is 0 Å². The van der Waals surface area contributed by atoms with Gasteiger partial charge >= 0.3 is 0 Å². The molecule has 6 nitrogen and oxygen atoms in total. The average molecular weight is 320 g/mol. The summed E-state index contributed by atoms with van der Waals surface area (Å²) < 4.78 is 6.87. The molecule has 1 rings (SSSR count). The van der Waals surface area contributed by atoms with E-state index in [0.29, 0.717) is 29.9 Å². The molecule has 0 aromatic carbocycles. The molecule has 0 atom stereocenters. The fourth-order valence-electron chi connectivity index (χ4n) is 1.38. The number of aliphatic hydroxyl groups excluding tert-OH is 1. The molecule has 0 fully saturated rings. The molecule has 1 heterocycles. The molecule has 0 saturated heterocycles. The van der Waals surface area contributed by atoms with E-state index < -0.39 is 0 Å². The highest BCUT2D eigenvalue weighted by atomic mass is 79.9. The van der Waals surface area contributed by atoms with Crippen molar-refractivity contribution in [3.63, 3.8) is 0 Å². The molecule has 0 radical (unpaired) electrons. The first-order valence-corrected chi connectivity index (χ1v) is 6.68. The van der Waals surface area contributed by atoms with Crippen molar-refractivity contribution in [3.05, 3.63) is 21.0 Å². The van der Waals surface area contributed by atoms with Crippen LogP contribution in [0.15, 0.2) is 15.5 Å². The summed E-state index contributed by atoms with van der Waals surface area (Å²) in [7, 11) is 0. The number of nitrogens with zero attached hydrogens (tertiary/aromatic N) is 2. The highest BCUT2D eigenvalue weighted by Crippen LogP contribution is 2.15. The van der Waals surface area contributed by atoms with E-state index in [9.17, 15) is 4.79 Å². The number of hydrogen-bond acceptors (Lipinski definition) is 5. The van der Waals surface area contributed by atoms with E-state index in [0.717, 1.165) is 6.42 Å². The van der Waals surface area contributed by atoms with Gasteiger partial charge in [-0.25, -0.2) is 4.68 Å². The van der Waals surface area contributed by atoms with Crippen LogP contribution in [-0.4, -0.2) is 41.3 Å². The molecule has 0 aliphatic rings. The predicted octanol–water partition coefficient (Wildman–Crippen LogP) is 0.837. The Balaban J connectivity index is 2.57. The Morgan fingerprint density at radius 2 is 2.39 bits per heavy atom. The molecule has 0 saturated carbocycles. The second-order valence-corrected chi connectivity index (χ2v) is 4.39. The van der Waals surface area contributed by atoms with E-state index in [1.54, 1.807) is 6.20 Å². The fourth-order valence-corrected chi connectivity index (χ4v) is 1.83. The zero-order chi connectivity index (χ0) is 13.4. The van der Waals surface area contributed by atoms with E-state index in [1.807, 2.05) is 6.92 Å². The van der Waals surface area contributed by atoms with Crippen molar-refractivity contribution in [3.8, 4) is 0 Å². The first-order valence-electron chi connectivity index (χ1n) is 5.88. The second-order valence-electron chi connectivity index (χ2n) is 3.60. The molecular weight excluding hydrogens is 302 g/mol. The van der Waals surface area contributed by atoms with Crippen LogP contribution in [0.3, 0.4) is 0 Å². The minimum Gasteiger partial charge on any atom is -0.394 e. The van der Waals surface area contributed by atoms with Crippen LogP contribution in [0.2, 0.25) is 0 Å². The summed E-state index contributed by atoms with van der Waals surface area (Å²) in [5.74, 6) is 0. The minimum atomic E-state index is -0.251. The van der Waals surface area contributed by atoms with Crippen LogP contribution in [0, 0.1) is 0 Å². The second kappa shape index (κ2) is 8.23. The zero-order valence-corrected chi connectivity index (χ0v) is 11.9. The van der Waals surface area contributed by atoms with Crippen molar-refractivity contribution in [1.29, 1.82) is 0 Å². The number of nitrogens with one attached hydrogen (secondary N) is 1. The van der Waals surface area contributed by atoms with Gasteiger partial charge < -0.3 is 15.2 Å². The van der Waals surface area contributed by atoms with Gasteiger partial charge in [-0.1, -0.05) is 0 Å². The topological polar surface area (TPSA) is 76.4 Å². The molecular formula is C11H18BrN3O3. The molecule has 1 aromatic rings. The van der Waals surface area contributed by atoms with Crippen LogP contribution in [0.5, 0.6) is 0 Å². The minimum absolute atomic E-state index is 0.111. The van der Waals surface area contributed by atoms with Gasteiger partial charge in [0.1, 0.15) is 4.47 Å². The highest BCUT2D eigenvalue weighted by molar-refractivity contribution is 9.10. The quantitative estimate of drug-likeness (QED) is 0.694. The summed E-state index contributed by atoms with van der Waals surface area (Å²) >= 11 is 3.24. The van der Waals surface area contributed by atoms with Crippen LogP contribution in [0.4, 0.5) is 5.69 Å². The number of aliphatic hydroxyl groups is 1. The molecule has 0 bridgehead atoms. The van der Waals surface area contributed by atoms with Gasteiger partial charge in [0.15, 0.2) is 0 Å². The summed E-state index contributed by atoms with van der Waals surface area (Å²) in [6.07, 6.45) is 2.43. The Labute approximate surface area is 114 Å². The first-order chi connectivity index (χ1) is 8.70. The zero-order valence-electron chi connectivity index (χ0n) is 10.4. The summed E-state index contributed by atoms with van der Waals surface area (Å²) in [6.45, 7) is 4.15. The smallest absolute Gasteiger partial charge is 0.283 e. The lowest BCUT2D eigenvalue weighted by atomic mass is 10.4. The summed E-state index contributed by atoms with van der Waals surface area (Å²) in [5.41, 5.74) is 0.407. The Morgan fingerprint density at radius 3 is 3.06 bits per heavy atom. The number of ether oxygens (including phenoxy) is 1. The van der Waals surface area contributed by atoms with Gasteiger partial charge in [-0.15, -0.1) is 0 Å². The third-order valence-electron chi connectivity index (χ3n) is 2.28. The molecule has 0 aliphatic carbocycles. The molecule has 18 heavy (non-hydrogen) atoms. The summed E-state index contributed by atoms with van der Waals surface area (Å²) in [6, 6.07) is 0. The van der Waals surface area contributed by atoms with Gasteiger partial charge in [-0.05, 0) is 29.3 Å². The molecule has 102 valence electrons. The first kappa shape index (κ1) is 15.1. The molecule has 2 N–H and O–H groups in total. The van der Waals surface area contributed by atoms with E-state index in [4.69, 9.17) is 9.84 Å². The van der Waals surface area contributed by atoms with Crippen LogP contribution in [0.25, 0.3) is 0 Å². The molecule has 0 unspecified atom stereocenters. The highest BCUT2D eigenvalue weighted by Gasteiger charge is 2.07. The van der Waals surface area contributed by atoms with Crippen LogP contribution < -0.4 is 10.9 Å². The summed E-state index contributed by atoms with van der Waals surface area (Å²) in [5, 5.41) is 15.9. The lowest BCUT2D eigenvalue weighted by Gasteiger charge is -2.09. The normalized spacial score (nSPS) is 10.6. The molecule has 0 spiro atoms. The van der Waals surface area contributed by atoms with Crippen molar-refractivity contribution in [2.45, 2.75) is 19.9 Å². The fraction of sp³-hybridized carbons (Fsp3) is 0.636. The van der Waals surface area contributed by atoms with Crippen molar-refractivity contribution in [2.75, 3.05) is 31.7 Å². The number of rotatable bonds is 8. The van der Waals surface area contributed by atoms with E-state index >= 15 is 0 Å². The largest absolute Gasteiger partial charge is 0.394 e. The van der Waals surface area contributed by atoms with Gasteiger partial charge in [0.25, 0.3) is 5.56 Å². The van der Waals surface area contributed by atoms with Crippen molar-refractivity contribution in [1.82, 2.24) is 9.78 Å². The monoisotopic (exact) mass is 319 g/mol. The van der Waals surface area contributed by atoms with Gasteiger partial charge in [0.2, 0.25) is 0 Å². The van der Waals surface area contributed by atoms with Gasteiger partial charge in [-0.2, -0.15) is 5.10 Å². The van der Waals surface area contributed by atoms with Gasteiger partial charge in [0, 0.05) is 19.8 Å². The van der Waals surface area contributed by atoms with E-state index in [1.165, 1.54) is 4.68 Å². The maximum atomic E-state index is 11.8. The van der Waals surface area contributed by atoms with Crippen LogP contribution >= 0.6 is 15.9 Å². The molecule has 7 heteroatoms. The maximum absolute atomic E-state index is 11.8. The lowest BCUT2D eigenvalue weighted by molar-refractivity contribution is 0.147. The molecule has 0 aliphatic heterocycles. The third kappa shape index (κ3) is 4.40.